The Morgan fingerprint density at radius 3 is 2.36 bits per heavy atom. The Kier molecular flexibility index (Phi) is 5.16. The predicted molar refractivity (Wildman–Crippen MR) is 96.9 cm³/mol. The van der Waals surface area contributed by atoms with Crippen molar-refractivity contribution >= 4 is 28.4 Å². The standard InChI is InChI=1S/C19H14F3N3O3/c20-19(21,22)18(28)24-9-11-5-7-12(8-6-11)25-17(27)14-10-23-15-4-2-1-3-13(15)16(14)26/h1-8,10H,9H2,(H,23,26)(H,24,28)(H,25,27). The molecule has 2 aromatic carbocycles. The van der Waals surface area contributed by atoms with Gasteiger partial charge in [-0.2, -0.15) is 13.2 Å². The third-order valence-electron chi connectivity index (χ3n) is 3.96. The molecule has 0 atom stereocenters. The summed E-state index contributed by atoms with van der Waals surface area (Å²) in [6.45, 7) is -0.309. The van der Waals surface area contributed by atoms with E-state index >= 15 is 0 Å². The number of rotatable bonds is 4. The lowest BCUT2D eigenvalue weighted by Crippen LogP contribution is -2.36. The minimum Gasteiger partial charge on any atom is -0.360 e. The van der Waals surface area contributed by atoms with Gasteiger partial charge < -0.3 is 15.6 Å². The first-order valence-electron chi connectivity index (χ1n) is 8.11. The SMILES string of the molecule is O=C(Nc1ccc(CNC(=O)C(F)(F)F)cc1)c1c[nH]c2ccccc2c1=O. The molecule has 0 unspecified atom stereocenters. The van der Waals surface area contributed by atoms with Crippen LogP contribution in [0.2, 0.25) is 0 Å². The molecule has 0 aliphatic carbocycles. The van der Waals surface area contributed by atoms with Crippen LogP contribution in [0.15, 0.2) is 59.5 Å². The highest BCUT2D eigenvalue weighted by Gasteiger charge is 2.38. The van der Waals surface area contributed by atoms with Crippen molar-refractivity contribution in [2.45, 2.75) is 12.7 Å². The summed E-state index contributed by atoms with van der Waals surface area (Å²) >= 11 is 0. The predicted octanol–water partition coefficient (Wildman–Crippen LogP) is 2.96. The summed E-state index contributed by atoms with van der Waals surface area (Å²) in [6.07, 6.45) is -3.62. The molecule has 3 aromatic rings. The Morgan fingerprint density at radius 1 is 1.00 bits per heavy atom. The Hall–Kier alpha value is -3.62. The molecule has 0 radical (unpaired) electrons. The first-order chi connectivity index (χ1) is 13.3. The van der Waals surface area contributed by atoms with E-state index in [0.29, 0.717) is 22.2 Å². The zero-order chi connectivity index (χ0) is 20.3. The molecule has 1 aromatic heterocycles. The quantitative estimate of drug-likeness (QED) is 0.641. The molecule has 2 amide bonds. The summed E-state index contributed by atoms with van der Waals surface area (Å²) in [5, 5.41) is 4.69. The minimum absolute atomic E-state index is 0.0692. The number of aromatic nitrogens is 1. The number of carbonyl (C=O) groups is 2. The molecular formula is C19H14F3N3O3. The fourth-order valence-electron chi connectivity index (χ4n) is 2.52. The molecule has 6 nitrogen and oxygen atoms in total. The third kappa shape index (κ3) is 4.20. The van der Waals surface area contributed by atoms with Gasteiger partial charge in [0.05, 0.1) is 0 Å². The number of nitrogens with one attached hydrogen (secondary N) is 3. The van der Waals surface area contributed by atoms with Crippen molar-refractivity contribution < 1.29 is 22.8 Å². The van der Waals surface area contributed by atoms with Crippen LogP contribution in [0.4, 0.5) is 18.9 Å². The molecule has 9 heteroatoms. The first-order valence-corrected chi connectivity index (χ1v) is 8.11. The lowest BCUT2D eigenvalue weighted by atomic mass is 10.1. The molecule has 3 rings (SSSR count). The lowest BCUT2D eigenvalue weighted by molar-refractivity contribution is -0.173. The summed E-state index contributed by atoms with van der Waals surface area (Å²) in [5.41, 5.74) is 0.885. The van der Waals surface area contributed by atoms with Crippen LogP contribution in [0, 0.1) is 0 Å². The fourth-order valence-corrected chi connectivity index (χ4v) is 2.52. The molecule has 0 aliphatic heterocycles. The Morgan fingerprint density at radius 2 is 1.68 bits per heavy atom. The van der Waals surface area contributed by atoms with E-state index in [0.717, 1.165) is 0 Å². The second-order valence-electron chi connectivity index (χ2n) is 5.91. The van der Waals surface area contributed by atoms with Gasteiger partial charge >= 0.3 is 12.1 Å². The van der Waals surface area contributed by atoms with Crippen LogP contribution in [0.5, 0.6) is 0 Å². The van der Waals surface area contributed by atoms with Gasteiger partial charge in [-0.25, -0.2) is 0 Å². The van der Waals surface area contributed by atoms with Crippen molar-refractivity contribution in [2.75, 3.05) is 5.32 Å². The van der Waals surface area contributed by atoms with Gasteiger partial charge in [0.15, 0.2) is 0 Å². The highest BCUT2D eigenvalue weighted by molar-refractivity contribution is 6.05. The number of hydrogen-bond acceptors (Lipinski definition) is 3. The zero-order valence-corrected chi connectivity index (χ0v) is 14.3. The molecular weight excluding hydrogens is 375 g/mol. The van der Waals surface area contributed by atoms with Gasteiger partial charge in [-0.3, -0.25) is 14.4 Å². The number of para-hydroxylation sites is 1. The van der Waals surface area contributed by atoms with Crippen LogP contribution in [-0.2, 0) is 11.3 Å². The van der Waals surface area contributed by atoms with Crippen molar-refractivity contribution in [1.29, 1.82) is 0 Å². The van der Waals surface area contributed by atoms with E-state index in [-0.39, 0.29) is 12.1 Å². The fraction of sp³-hybridized carbons (Fsp3) is 0.105. The zero-order valence-electron chi connectivity index (χ0n) is 14.3. The Bertz CT molecular complexity index is 1090. The lowest BCUT2D eigenvalue weighted by Gasteiger charge is -2.09. The Balaban J connectivity index is 1.69. The van der Waals surface area contributed by atoms with Crippen LogP contribution in [0.3, 0.4) is 0 Å². The summed E-state index contributed by atoms with van der Waals surface area (Å²) < 4.78 is 36.5. The van der Waals surface area contributed by atoms with E-state index < -0.39 is 23.4 Å². The van der Waals surface area contributed by atoms with Crippen LogP contribution >= 0.6 is 0 Å². The number of aromatic amines is 1. The smallest absolute Gasteiger partial charge is 0.360 e. The molecule has 0 bridgehead atoms. The maximum absolute atomic E-state index is 12.4. The first kappa shape index (κ1) is 19.2. The highest BCUT2D eigenvalue weighted by Crippen LogP contribution is 2.15. The third-order valence-corrected chi connectivity index (χ3v) is 3.96. The van der Waals surface area contributed by atoms with E-state index in [2.05, 4.69) is 10.3 Å². The minimum atomic E-state index is -4.94. The average molecular weight is 389 g/mol. The normalized spacial score (nSPS) is 11.2. The van der Waals surface area contributed by atoms with Crippen molar-refractivity contribution in [1.82, 2.24) is 10.3 Å². The van der Waals surface area contributed by atoms with Gasteiger partial charge in [0, 0.05) is 29.3 Å². The van der Waals surface area contributed by atoms with Crippen LogP contribution in [0.1, 0.15) is 15.9 Å². The van der Waals surface area contributed by atoms with Gasteiger partial charge in [0.1, 0.15) is 5.56 Å². The van der Waals surface area contributed by atoms with E-state index in [9.17, 15) is 27.6 Å². The summed E-state index contributed by atoms with van der Waals surface area (Å²) in [4.78, 5) is 38.5. The van der Waals surface area contributed by atoms with E-state index in [4.69, 9.17) is 0 Å². The van der Waals surface area contributed by atoms with Gasteiger partial charge in [-0.05, 0) is 29.8 Å². The molecule has 0 fully saturated rings. The number of H-pyrrole nitrogens is 1. The number of halogens is 3. The molecule has 0 saturated heterocycles. The molecule has 144 valence electrons. The van der Waals surface area contributed by atoms with Crippen LogP contribution in [0.25, 0.3) is 10.9 Å². The van der Waals surface area contributed by atoms with E-state index in [1.165, 1.54) is 30.5 Å². The largest absolute Gasteiger partial charge is 0.471 e. The summed E-state index contributed by atoms with van der Waals surface area (Å²) in [5.74, 6) is -2.65. The molecule has 3 N–H and O–H groups in total. The van der Waals surface area contributed by atoms with Crippen molar-refractivity contribution in [3.63, 3.8) is 0 Å². The monoisotopic (exact) mass is 389 g/mol. The molecule has 0 saturated carbocycles. The number of benzene rings is 2. The second kappa shape index (κ2) is 7.55. The van der Waals surface area contributed by atoms with Crippen molar-refractivity contribution in [2.24, 2.45) is 0 Å². The number of amides is 2. The van der Waals surface area contributed by atoms with Crippen molar-refractivity contribution in [3.05, 3.63) is 76.1 Å². The number of fused-ring (bicyclic) bond motifs is 1. The second-order valence-corrected chi connectivity index (χ2v) is 5.91. The van der Waals surface area contributed by atoms with Crippen LogP contribution < -0.4 is 16.1 Å². The molecule has 0 spiro atoms. The Labute approximate surface area is 156 Å². The maximum Gasteiger partial charge on any atom is 0.471 e. The molecule has 0 aliphatic rings. The van der Waals surface area contributed by atoms with Crippen LogP contribution in [-0.4, -0.2) is 23.0 Å². The maximum atomic E-state index is 12.4. The summed E-state index contributed by atoms with van der Waals surface area (Å²) in [6, 6.07) is 12.6. The summed E-state index contributed by atoms with van der Waals surface area (Å²) in [7, 11) is 0. The average Bonchev–Trinajstić information content (AvgIpc) is 2.67. The number of alkyl halides is 3. The number of hydrogen-bond donors (Lipinski definition) is 3. The van der Waals surface area contributed by atoms with Crippen molar-refractivity contribution in [3.8, 4) is 0 Å². The van der Waals surface area contributed by atoms with Gasteiger partial charge in [-0.1, -0.05) is 24.3 Å². The van der Waals surface area contributed by atoms with Gasteiger partial charge in [0.2, 0.25) is 5.43 Å². The number of pyridine rings is 1. The van der Waals surface area contributed by atoms with Gasteiger partial charge in [0.25, 0.3) is 5.91 Å². The molecule has 1 heterocycles. The number of carbonyl (C=O) groups excluding carboxylic acids is 2. The van der Waals surface area contributed by atoms with Gasteiger partial charge in [-0.15, -0.1) is 0 Å². The number of anilines is 1. The topological polar surface area (TPSA) is 91.1 Å². The van der Waals surface area contributed by atoms with E-state index in [1.54, 1.807) is 29.6 Å². The molecule has 28 heavy (non-hydrogen) atoms. The highest BCUT2D eigenvalue weighted by atomic mass is 19.4. The van der Waals surface area contributed by atoms with E-state index in [1.807, 2.05) is 0 Å².